The van der Waals surface area contributed by atoms with Crippen molar-refractivity contribution in [3.63, 3.8) is 0 Å². The van der Waals surface area contributed by atoms with E-state index in [2.05, 4.69) is 37.4 Å². The summed E-state index contributed by atoms with van der Waals surface area (Å²) in [7, 11) is 0. The Morgan fingerprint density at radius 2 is 1.87 bits per heavy atom. The second-order valence-electron chi connectivity index (χ2n) is 5.38. The van der Waals surface area contributed by atoms with Crippen LogP contribution < -0.4 is 11.1 Å². The van der Waals surface area contributed by atoms with Gasteiger partial charge in [-0.25, -0.2) is 0 Å². The van der Waals surface area contributed by atoms with Crippen LogP contribution in [0.25, 0.3) is 0 Å². The minimum absolute atomic E-state index is 0.144. The van der Waals surface area contributed by atoms with Crippen molar-refractivity contribution in [2.45, 2.75) is 19.6 Å². The summed E-state index contributed by atoms with van der Waals surface area (Å²) < 4.78 is 0. The molecule has 2 aromatic carbocycles. The molecule has 0 aliphatic carbocycles. The predicted octanol–water partition coefficient (Wildman–Crippen LogP) is 3.27. The summed E-state index contributed by atoms with van der Waals surface area (Å²) in [6.45, 7) is 4.12. The average molecular weight is 328 g/mol. The summed E-state index contributed by atoms with van der Waals surface area (Å²) >= 11 is 1.54. The number of nitrogens with one attached hydrogen (secondary N) is 1. The van der Waals surface area contributed by atoms with E-state index in [4.69, 9.17) is 5.73 Å². The van der Waals surface area contributed by atoms with E-state index >= 15 is 0 Å². The number of rotatable bonds is 6. The predicted molar refractivity (Wildman–Crippen MR) is 95.7 cm³/mol. The van der Waals surface area contributed by atoms with Crippen molar-refractivity contribution in [3.05, 3.63) is 64.7 Å². The number of primary amides is 1. The summed E-state index contributed by atoms with van der Waals surface area (Å²) in [6, 6.07) is 13.1. The zero-order valence-electron chi connectivity index (χ0n) is 13.3. The molecule has 0 radical (unpaired) electrons. The second kappa shape index (κ2) is 7.83. The van der Waals surface area contributed by atoms with Crippen molar-refractivity contribution in [3.8, 4) is 0 Å². The lowest BCUT2D eigenvalue weighted by atomic mass is 10.1. The third-order valence-electron chi connectivity index (χ3n) is 3.46. The Morgan fingerprint density at radius 1 is 1.13 bits per heavy atom. The molecule has 4 nitrogen and oxygen atoms in total. The third kappa shape index (κ3) is 4.86. The topological polar surface area (TPSA) is 72.2 Å². The number of hydrogen-bond donors (Lipinski definition) is 2. The number of para-hydroxylation sites is 1. The summed E-state index contributed by atoms with van der Waals surface area (Å²) in [5.41, 5.74) is 9.75. The van der Waals surface area contributed by atoms with Crippen LogP contribution in [0, 0.1) is 13.8 Å². The molecule has 0 bridgehead atoms. The van der Waals surface area contributed by atoms with E-state index in [9.17, 15) is 9.59 Å². The minimum atomic E-state index is -0.552. The molecule has 5 heteroatoms. The van der Waals surface area contributed by atoms with Crippen molar-refractivity contribution in [2.24, 2.45) is 5.73 Å². The maximum absolute atomic E-state index is 12.0. The Hall–Kier alpha value is -2.27. The van der Waals surface area contributed by atoms with E-state index in [-0.39, 0.29) is 5.91 Å². The van der Waals surface area contributed by atoms with Crippen LogP contribution >= 0.6 is 11.8 Å². The Morgan fingerprint density at radius 3 is 2.61 bits per heavy atom. The van der Waals surface area contributed by atoms with Crippen molar-refractivity contribution < 1.29 is 9.59 Å². The van der Waals surface area contributed by atoms with Crippen LogP contribution in [0.1, 0.15) is 27.0 Å². The number of anilines is 1. The fraction of sp³-hybridized carbons (Fsp3) is 0.222. The first-order valence-electron chi connectivity index (χ1n) is 7.30. The van der Waals surface area contributed by atoms with Crippen molar-refractivity contribution in [1.29, 1.82) is 0 Å². The Labute approximate surface area is 140 Å². The molecule has 0 aliphatic rings. The van der Waals surface area contributed by atoms with Crippen molar-refractivity contribution in [2.75, 3.05) is 11.1 Å². The molecule has 0 aliphatic heterocycles. The number of thioether (sulfide) groups is 1. The van der Waals surface area contributed by atoms with Crippen LogP contribution in [0.15, 0.2) is 42.5 Å². The largest absolute Gasteiger partial charge is 0.366 e. The molecular formula is C18H20N2O2S. The molecular weight excluding hydrogens is 308 g/mol. The van der Waals surface area contributed by atoms with Gasteiger partial charge in [-0.1, -0.05) is 35.9 Å². The quantitative estimate of drug-likeness (QED) is 0.855. The number of nitrogens with two attached hydrogens (primary N) is 1. The Balaban J connectivity index is 1.91. The highest BCUT2D eigenvalue weighted by Gasteiger charge is 2.10. The van der Waals surface area contributed by atoms with Gasteiger partial charge in [-0.05, 0) is 37.1 Å². The SMILES string of the molecule is Cc1ccc(C)c(CSCC(=O)Nc2ccccc2C(N)=O)c1. The minimum Gasteiger partial charge on any atom is -0.366 e. The molecule has 2 rings (SSSR count). The summed E-state index contributed by atoms with van der Waals surface area (Å²) in [4.78, 5) is 23.4. The summed E-state index contributed by atoms with van der Waals surface area (Å²) in [5, 5.41) is 2.74. The average Bonchev–Trinajstić information content (AvgIpc) is 2.51. The molecule has 0 fully saturated rings. The molecule has 0 atom stereocenters. The normalized spacial score (nSPS) is 10.3. The lowest BCUT2D eigenvalue weighted by Gasteiger charge is -2.09. The zero-order chi connectivity index (χ0) is 16.8. The fourth-order valence-electron chi connectivity index (χ4n) is 2.20. The maximum atomic E-state index is 12.0. The molecule has 0 aromatic heterocycles. The zero-order valence-corrected chi connectivity index (χ0v) is 14.1. The lowest BCUT2D eigenvalue weighted by Crippen LogP contribution is -2.19. The van der Waals surface area contributed by atoms with E-state index < -0.39 is 5.91 Å². The van der Waals surface area contributed by atoms with Gasteiger partial charge in [-0.2, -0.15) is 0 Å². The number of carbonyl (C=O) groups excluding carboxylic acids is 2. The van der Waals surface area contributed by atoms with Crippen LogP contribution in [0.2, 0.25) is 0 Å². The third-order valence-corrected chi connectivity index (χ3v) is 4.44. The molecule has 0 unspecified atom stereocenters. The first-order chi connectivity index (χ1) is 11.0. The van der Waals surface area contributed by atoms with Gasteiger partial charge in [0.25, 0.3) is 5.91 Å². The van der Waals surface area contributed by atoms with Crippen molar-refractivity contribution in [1.82, 2.24) is 0 Å². The van der Waals surface area contributed by atoms with Crippen LogP contribution in [0.3, 0.4) is 0 Å². The molecule has 0 heterocycles. The fourth-order valence-corrected chi connectivity index (χ4v) is 3.09. The molecule has 0 saturated carbocycles. The van der Waals surface area contributed by atoms with Crippen LogP contribution in [0.5, 0.6) is 0 Å². The Bertz CT molecular complexity index is 729. The van der Waals surface area contributed by atoms with Gasteiger partial charge in [0.1, 0.15) is 0 Å². The van der Waals surface area contributed by atoms with Crippen molar-refractivity contribution >= 4 is 29.3 Å². The highest BCUT2D eigenvalue weighted by atomic mass is 32.2. The van der Waals surface area contributed by atoms with Gasteiger partial charge < -0.3 is 11.1 Å². The van der Waals surface area contributed by atoms with Gasteiger partial charge in [-0.15, -0.1) is 11.8 Å². The Kier molecular flexibility index (Phi) is 5.82. The molecule has 2 amide bonds. The molecule has 0 saturated heterocycles. The number of carbonyl (C=O) groups is 2. The van der Waals surface area contributed by atoms with E-state index in [0.29, 0.717) is 17.0 Å². The van der Waals surface area contributed by atoms with Gasteiger partial charge >= 0.3 is 0 Å². The smallest absolute Gasteiger partial charge is 0.250 e. The second-order valence-corrected chi connectivity index (χ2v) is 6.37. The van der Waals surface area contributed by atoms with Gasteiger partial charge in [0, 0.05) is 5.75 Å². The van der Waals surface area contributed by atoms with E-state index in [1.165, 1.54) is 16.7 Å². The summed E-state index contributed by atoms with van der Waals surface area (Å²) in [5.74, 6) is 0.400. The van der Waals surface area contributed by atoms with Crippen LogP contribution in [0.4, 0.5) is 5.69 Å². The monoisotopic (exact) mass is 328 g/mol. The molecule has 120 valence electrons. The highest BCUT2D eigenvalue weighted by molar-refractivity contribution is 7.99. The first kappa shape index (κ1) is 17.1. The summed E-state index contributed by atoms with van der Waals surface area (Å²) in [6.07, 6.45) is 0. The van der Waals surface area contributed by atoms with Gasteiger partial charge in [0.15, 0.2) is 0 Å². The van der Waals surface area contributed by atoms with E-state index in [0.717, 1.165) is 5.75 Å². The lowest BCUT2D eigenvalue weighted by molar-refractivity contribution is -0.113. The molecule has 0 spiro atoms. The highest BCUT2D eigenvalue weighted by Crippen LogP contribution is 2.19. The maximum Gasteiger partial charge on any atom is 0.250 e. The number of aryl methyl sites for hydroxylation is 2. The first-order valence-corrected chi connectivity index (χ1v) is 8.45. The van der Waals surface area contributed by atoms with Gasteiger partial charge in [0.05, 0.1) is 17.0 Å². The van der Waals surface area contributed by atoms with Crippen LogP contribution in [-0.2, 0) is 10.5 Å². The number of benzene rings is 2. The molecule has 2 aromatic rings. The number of hydrogen-bond acceptors (Lipinski definition) is 3. The van der Waals surface area contributed by atoms with Gasteiger partial charge in [0.2, 0.25) is 5.91 Å². The van der Waals surface area contributed by atoms with E-state index in [1.54, 1.807) is 36.0 Å². The number of amides is 2. The van der Waals surface area contributed by atoms with E-state index in [1.807, 2.05) is 0 Å². The molecule has 3 N–H and O–H groups in total. The van der Waals surface area contributed by atoms with Crippen LogP contribution in [-0.4, -0.2) is 17.6 Å². The standard InChI is InChI=1S/C18H20N2O2S/c1-12-7-8-13(2)14(9-12)10-23-11-17(21)20-16-6-4-3-5-15(16)18(19)22/h3-9H,10-11H2,1-2H3,(H2,19,22)(H,20,21). The van der Waals surface area contributed by atoms with Gasteiger partial charge in [-0.3, -0.25) is 9.59 Å². The molecule has 23 heavy (non-hydrogen) atoms.